The molecule has 2 heterocycles. The molecule has 0 unspecified atom stereocenters. The first-order valence-electron chi connectivity index (χ1n) is 8.07. The van der Waals surface area contributed by atoms with E-state index in [4.69, 9.17) is 9.47 Å². The van der Waals surface area contributed by atoms with Crippen LogP contribution in [-0.4, -0.2) is 23.0 Å². The molecule has 8 heteroatoms. The average Bonchev–Trinajstić information content (AvgIpc) is 3.35. The number of hydrogen-bond acceptors (Lipinski definition) is 7. The summed E-state index contributed by atoms with van der Waals surface area (Å²) in [6.45, 7) is 0.369. The number of carbonyl (C=O) groups excluding carboxylic acids is 1. The lowest BCUT2D eigenvalue weighted by Crippen LogP contribution is -2.11. The minimum atomic E-state index is -0.236. The van der Waals surface area contributed by atoms with Crippen molar-refractivity contribution in [2.45, 2.75) is 6.61 Å². The van der Waals surface area contributed by atoms with Crippen LogP contribution >= 0.6 is 22.7 Å². The van der Waals surface area contributed by atoms with Gasteiger partial charge in [0.1, 0.15) is 18.1 Å². The van der Waals surface area contributed by atoms with E-state index in [1.165, 1.54) is 22.7 Å². The molecule has 2 aromatic heterocycles. The van der Waals surface area contributed by atoms with Gasteiger partial charge in [-0.1, -0.05) is 17.4 Å². The number of thiazole rings is 2. The van der Waals surface area contributed by atoms with Gasteiger partial charge < -0.3 is 9.47 Å². The molecule has 27 heavy (non-hydrogen) atoms. The Bertz CT molecular complexity index is 1080. The highest BCUT2D eigenvalue weighted by atomic mass is 32.1. The maximum absolute atomic E-state index is 12.6. The van der Waals surface area contributed by atoms with Gasteiger partial charge >= 0.3 is 0 Å². The molecule has 0 aliphatic rings. The zero-order valence-corrected chi connectivity index (χ0v) is 16.0. The number of ether oxygens (including phenoxy) is 2. The van der Waals surface area contributed by atoms with Crippen molar-refractivity contribution in [3.8, 4) is 11.5 Å². The van der Waals surface area contributed by atoms with Gasteiger partial charge in [-0.3, -0.25) is 10.1 Å². The fraction of sp³-hybridized carbons (Fsp3) is 0.105. The molecule has 0 radical (unpaired) electrons. The van der Waals surface area contributed by atoms with Crippen LogP contribution in [0, 0.1) is 0 Å². The van der Waals surface area contributed by atoms with E-state index in [2.05, 4.69) is 15.3 Å². The predicted molar refractivity (Wildman–Crippen MR) is 107 cm³/mol. The van der Waals surface area contributed by atoms with E-state index in [0.717, 1.165) is 21.7 Å². The zero-order valence-electron chi connectivity index (χ0n) is 14.3. The highest BCUT2D eigenvalue weighted by Crippen LogP contribution is 2.29. The van der Waals surface area contributed by atoms with Crippen LogP contribution in [0.1, 0.15) is 16.1 Å². The van der Waals surface area contributed by atoms with Gasteiger partial charge in [0, 0.05) is 10.9 Å². The van der Waals surface area contributed by atoms with Crippen LogP contribution in [-0.2, 0) is 6.61 Å². The Kier molecular flexibility index (Phi) is 4.99. The third kappa shape index (κ3) is 4.07. The highest BCUT2D eigenvalue weighted by Gasteiger charge is 2.11. The Morgan fingerprint density at radius 3 is 2.93 bits per heavy atom. The molecule has 2 aromatic carbocycles. The van der Waals surface area contributed by atoms with Gasteiger partial charge in [0.05, 0.1) is 28.5 Å². The van der Waals surface area contributed by atoms with Crippen molar-refractivity contribution in [2.24, 2.45) is 0 Å². The van der Waals surface area contributed by atoms with Crippen LogP contribution in [0.4, 0.5) is 5.13 Å². The number of hydrogen-bond donors (Lipinski definition) is 1. The van der Waals surface area contributed by atoms with Gasteiger partial charge in [0.25, 0.3) is 5.91 Å². The fourth-order valence-electron chi connectivity index (χ4n) is 2.45. The Hall–Kier alpha value is -2.97. The Labute approximate surface area is 163 Å². The fourth-order valence-corrected chi connectivity index (χ4v) is 3.88. The second-order valence-corrected chi connectivity index (χ2v) is 7.35. The van der Waals surface area contributed by atoms with Crippen LogP contribution in [0.2, 0.25) is 0 Å². The third-order valence-electron chi connectivity index (χ3n) is 3.78. The third-order valence-corrected chi connectivity index (χ3v) is 5.35. The number of fused-ring (bicyclic) bond motifs is 1. The number of methoxy groups -OCH3 is 1. The second-order valence-electron chi connectivity index (χ2n) is 5.60. The molecular formula is C19H15N3O3S2. The lowest BCUT2D eigenvalue weighted by atomic mass is 10.2. The summed E-state index contributed by atoms with van der Waals surface area (Å²) in [5.74, 6) is 1.14. The van der Waals surface area contributed by atoms with Gasteiger partial charge in [-0.25, -0.2) is 9.97 Å². The molecule has 4 rings (SSSR count). The Morgan fingerprint density at radius 1 is 1.19 bits per heavy atom. The van der Waals surface area contributed by atoms with E-state index in [9.17, 15) is 4.79 Å². The molecule has 0 atom stereocenters. The number of rotatable bonds is 6. The number of carbonyl (C=O) groups is 1. The molecule has 0 aliphatic carbocycles. The number of anilines is 1. The van der Waals surface area contributed by atoms with E-state index in [1.54, 1.807) is 30.8 Å². The molecule has 0 fully saturated rings. The van der Waals surface area contributed by atoms with E-state index >= 15 is 0 Å². The molecular weight excluding hydrogens is 382 g/mol. The number of nitrogens with zero attached hydrogens (tertiary/aromatic N) is 2. The lowest BCUT2D eigenvalue weighted by Gasteiger charge is -2.06. The summed E-state index contributed by atoms with van der Waals surface area (Å²) < 4.78 is 11.9. The van der Waals surface area contributed by atoms with Gasteiger partial charge in [-0.2, -0.15) is 0 Å². The molecule has 0 bridgehead atoms. The number of nitrogens with one attached hydrogen (secondary N) is 1. The van der Waals surface area contributed by atoms with Gasteiger partial charge in [-0.15, -0.1) is 11.3 Å². The summed E-state index contributed by atoms with van der Waals surface area (Å²) in [6.07, 6.45) is 0. The molecule has 0 saturated carbocycles. The SMILES string of the molecule is COc1ccc2nc(NC(=O)c3cccc(OCc4cscn4)c3)sc2c1. The molecule has 1 N–H and O–H groups in total. The first-order valence-corrected chi connectivity index (χ1v) is 9.83. The van der Waals surface area contributed by atoms with Crippen molar-refractivity contribution in [3.05, 3.63) is 64.6 Å². The molecule has 0 saturated heterocycles. The van der Waals surface area contributed by atoms with E-state index in [0.29, 0.717) is 23.1 Å². The number of benzene rings is 2. The minimum Gasteiger partial charge on any atom is -0.497 e. The van der Waals surface area contributed by atoms with Crippen LogP contribution in [0.15, 0.2) is 53.4 Å². The first kappa shape index (κ1) is 17.4. The van der Waals surface area contributed by atoms with Gasteiger partial charge in [0.2, 0.25) is 0 Å². The summed E-state index contributed by atoms with van der Waals surface area (Å²) in [4.78, 5) is 21.2. The minimum absolute atomic E-state index is 0.236. The normalized spacial score (nSPS) is 10.7. The maximum Gasteiger partial charge on any atom is 0.257 e. The smallest absolute Gasteiger partial charge is 0.257 e. The topological polar surface area (TPSA) is 73.3 Å². The molecule has 0 aliphatic heterocycles. The van der Waals surface area contributed by atoms with Crippen molar-refractivity contribution in [3.63, 3.8) is 0 Å². The number of amides is 1. The van der Waals surface area contributed by atoms with E-state index in [-0.39, 0.29) is 5.91 Å². The predicted octanol–water partition coefficient (Wildman–Crippen LogP) is 4.59. The molecule has 0 spiro atoms. The summed E-state index contributed by atoms with van der Waals surface area (Å²) in [6, 6.07) is 12.7. The zero-order chi connectivity index (χ0) is 18.6. The molecule has 136 valence electrons. The van der Waals surface area contributed by atoms with Crippen molar-refractivity contribution >= 4 is 43.9 Å². The highest BCUT2D eigenvalue weighted by molar-refractivity contribution is 7.22. The average molecular weight is 397 g/mol. The van der Waals surface area contributed by atoms with Gasteiger partial charge in [0.15, 0.2) is 5.13 Å². The van der Waals surface area contributed by atoms with E-state index in [1.807, 2.05) is 29.6 Å². The molecule has 4 aromatic rings. The van der Waals surface area contributed by atoms with Crippen LogP contribution in [0.5, 0.6) is 11.5 Å². The lowest BCUT2D eigenvalue weighted by molar-refractivity contribution is 0.102. The monoisotopic (exact) mass is 397 g/mol. The second kappa shape index (κ2) is 7.73. The Balaban J connectivity index is 1.47. The van der Waals surface area contributed by atoms with Crippen molar-refractivity contribution in [1.29, 1.82) is 0 Å². The van der Waals surface area contributed by atoms with Crippen molar-refractivity contribution in [2.75, 3.05) is 12.4 Å². The maximum atomic E-state index is 12.6. The molecule has 6 nitrogen and oxygen atoms in total. The van der Waals surface area contributed by atoms with Gasteiger partial charge in [-0.05, 0) is 36.4 Å². The summed E-state index contributed by atoms with van der Waals surface area (Å²) in [7, 11) is 1.62. The largest absolute Gasteiger partial charge is 0.497 e. The molecule has 1 amide bonds. The summed E-state index contributed by atoms with van der Waals surface area (Å²) in [5, 5.41) is 5.31. The summed E-state index contributed by atoms with van der Waals surface area (Å²) in [5.41, 5.74) is 3.94. The van der Waals surface area contributed by atoms with Crippen LogP contribution in [0.25, 0.3) is 10.2 Å². The van der Waals surface area contributed by atoms with Crippen LogP contribution in [0.3, 0.4) is 0 Å². The number of aromatic nitrogens is 2. The summed E-state index contributed by atoms with van der Waals surface area (Å²) >= 11 is 2.92. The quantitative estimate of drug-likeness (QED) is 0.515. The standard InChI is InChI=1S/C19H15N3O3S2/c1-24-14-5-6-16-17(8-14)27-19(21-16)22-18(23)12-3-2-4-15(7-12)25-9-13-10-26-11-20-13/h2-8,10-11H,9H2,1H3,(H,21,22,23). The Morgan fingerprint density at radius 2 is 2.11 bits per heavy atom. The first-order chi connectivity index (χ1) is 13.2. The van der Waals surface area contributed by atoms with Crippen LogP contribution < -0.4 is 14.8 Å². The van der Waals surface area contributed by atoms with Crippen molar-refractivity contribution < 1.29 is 14.3 Å². The van der Waals surface area contributed by atoms with E-state index < -0.39 is 0 Å². The van der Waals surface area contributed by atoms with Crippen molar-refractivity contribution in [1.82, 2.24) is 9.97 Å².